The molecule has 0 bridgehead atoms. The minimum Gasteiger partial charge on any atom is -0.382 e. The number of pyridine rings is 1. The van der Waals surface area contributed by atoms with E-state index in [0.29, 0.717) is 28.3 Å². The van der Waals surface area contributed by atoms with E-state index in [1.54, 1.807) is 49.7 Å². The van der Waals surface area contributed by atoms with Gasteiger partial charge in [-0.25, -0.2) is 17.4 Å². The normalized spacial score (nSPS) is 19.4. The third-order valence-corrected chi connectivity index (χ3v) is 6.80. The number of hydrogen-bond acceptors (Lipinski definition) is 6. The van der Waals surface area contributed by atoms with Crippen LogP contribution in [0.2, 0.25) is 0 Å². The largest absolute Gasteiger partial charge is 0.382 e. The maximum Gasteiger partial charge on any atom is 0.269 e. The lowest BCUT2D eigenvalue weighted by Gasteiger charge is -2.37. The molecule has 0 amide bonds. The number of hydrogen-bond donors (Lipinski definition) is 2. The van der Waals surface area contributed by atoms with Crippen LogP contribution in [0.25, 0.3) is 11.0 Å². The van der Waals surface area contributed by atoms with E-state index >= 15 is 0 Å². The molecule has 0 radical (unpaired) electrons. The Morgan fingerprint density at radius 1 is 1.26 bits per heavy atom. The lowest BCUT2D eigenvalue weighted by Crippen LogP contribution is -2.52. The first-order valence-electron chi connectivity index (χ1n) is 8.26. The van der Waals surface area contributed by atoms with Gasteiger partial charge in [-0.3, -0.25) is 0 Å². The Hall–Kier alpha value is -2.49. The van der Waals surface area contributed by atoms with E-state index in [1.165, 1.54) is 10.2 Å². The molecule has 9 heteroatoms. The summed E-state index contributed by atoms with van der Waals surface area (Å²) in [6.07, 6.45) is 3.10. The van der Waals surface area contributed by atoms with Gasteiger partial charge in [0.2, 0.25) is 0 Å². The summed E-state index contributed by atoms with van der Waals surface area (Å²) in [6.45, 7) is 2.30. The van der Waals surface area contributed by atoms with Gasteiger partial charge in [0, 0.05) is 18.7 Å². The number of ether oxygens (including phenoxy) is 1. The van der Waals surface area contributed by atoms with Gasteiger partial charge >= 0.3 is 0 Å². The molecule has 0 aliphatic carbocycles. The van der Waals surface area contributed by atoms with Crippen molar-refractivity contribution in [2.75, 3.05) is 24.4 Å². The molecule has 0 spiro atoms. The third kappa shape index (κ3) is 2.78. The Bertz CT molecular complexity index is 1140. The van der Waals surface area contributed by atoms with Gasteiger partial charge in [0.1, 0.15) is 10.5 Å². The van der Waals surface area contributed by atoms with E-state index in [-0.39, 0.29) is 4.90 Å². The van der Waals surface area contributed by atoms with Crippen molar-refractivity contribution in [2.45, 2.75) is 17.4 Å². The minimum atomic E-state index is -3.74. The summed E-state index contributed by atoms with van der Waals surface area (Å²) >= 11 is 5.45. The number of benzene rings is 1. The van der Waals surface area contributed by atoms with Crippen LogP contribution >= 0.6 is 12.2 Å². The first-order chi connectivity index (χ1) is 12.9. The average molecular weight is 403 g/mol. The number of rotatable bonds is 4. The Morgan fingerprint density at radius 2 is 2.00 bits per heavy atom. The van der Waals surface area contributed by atoms with Crippen molar-refractivity contribution < 1.29 is 13.2 Å². The van der Waals surface area contributed by atoms with Gasteiger partial charge in [0.25, 0.3) is 10.0 Å². The second-order valence-corrected chi connectivity index (χ2v) is 8.78. The lowest BCUT2D eigenvalue weighted by molar-refractivity contribution is 0.175. The highest BCUT2D eigenvalue weighted by molar-refractivity contribution is 7.90. The SMILES string of the molecule is COC[C@]1(C)Nc2c(cnc3c2ccn3S(=O)(=O)c2ccccc2)NC1=S. The van der Waals surface area contributed by atoms with E-state index in [0.717, 1.165) is 5.69 Å². The Balaban J connectivity index is 1.87. The first kappa shape index (κ1) is 17.9. The standard InChI is InChI=1S/C18H18N4O3S2/c1-18(11-25-2)17(26)20-14-10-19-16-13(15(14)21-18)8-9-22(16)27(23,24)12-6-4-3-5-7-12/h3-10,21H,11H2,1-2H3,(H,20,26)/t18-/m0/s1. The van der Waals surface area contributed by atoms with Crippen LogP contribution in [0.15, 0.2) is 53.7 Å². The Kier molecular flexibility index (Phi) is 4.17. The molecule has 4 rings (SSSR count). The monoisotopic (exact) mass is 402 g/mol. The van der Waals surface area contributed by atoms with Gasteiger partial charge in [-0.2, -0.15) is 0 Å². The highest BCUT2D eigenvalue weighted by Crippen LogP contribution is 2.37. The summed E-state index contributed by atoms with van der Waals surface area (Å²) in [5, 5.41) is 7.25. The number of fused-ring (bicyclic) bond motifs is 3. The average Bonchev–Trinajstić information content (AvgIpc) is 3.09. The fraction of sp³-hybridized carbons (Fsp3) is 0.222. The summed E-state index contributed by atoms with van der Waals surface area (Å²) in [7, 11) is -2.14. The van der Waals surface area contributed by atoms with Gasteiger partial charge in [-0.15, -0.1) is 0 Å². The molecule has 0 fully saturated rings. The molecule has 2 aromatic heterocycles. The molecular weight excluding hydrogens is 384 g/mol. The van der Waals surface area contributed by atoms with Crippen LogP contribution in [0.3, 0.4) is 0 Å². The third-order valence-electron chi connectivity index (χ3n) is 4.56. The molecule has 0 saturated heterocycles. The summed E-state index contributed by atoms with van der Waals surface area (Å²) in [6, 6.07) is 10.0. The predicted molar refractivity (Wildman–Crippen MR) is 109 cm³/mol. The molecule has 27 heavy (non-hydrogen) atoms. The van der Waals surface area contributed by atoms with Gasteiger partial charge in [0.05, 0.1) is 29.1 Å². The van der Waals surface area contributed by atoms with Gasteiger partial charge < -0.3 is 15.4 Å². The van der Waals surface area contributed by atoms with E-state index in [2.05, 4.69) is 15.6 Å². The number of nitrogens with zero attached hydrogens (tertiary/aromatic N) is 2. The maximum atomic E-state index is 13.0. The summed E-state index contributed by atoms with van der Waals surface area (Å²) < 4.78 is 32.5. The van der Waals surface area contributed by atoms with Gasteiger partial charge in [0.15, 0.2) is 5.65 Å². The van der Waals surface area contributed by atoms with E-state index in [1.807, 2.05) is 6.92 Å². The van der Waals surface area contributed by atoms with Crippen molar-refractivity contribution in [3.8, 4) is 0 Å². The van der Waals surface area contributed by atoms with E-state index < -0.39 is 15.6 Å². The molecule has 0 unspecified atom stereocenters. The quantitative estimate of drug-likeness (QED) is 0.649. The zero-order chi connectivity index (χ0) is 19.2. The predicted octanol–water partition coefficient (Wildman–Crippen LogP) is 2.84. The van der Waals surface area contributed by atoms with Gasteiger partial charge in [-0.05, 0) is 25.1 Å². The Morgan fingerprint density at radius 3 is 2.70 bits per heavy atom. The molecule has 1 aliphatic rings. The molecule has 2 N–H and O–H groups in total. The second kappa shape index (κ2) is 6.29. The zero-order valence-corrected chi connectivity index (χ0v) is 16.4. The van der Waals surface area contributed by atoms with Crippen LogP contribution < -0.4 is 10.6 Å². The topological polar surface area (TPSA) is 85.2 Å². The molecule has 1 atom stereocenters. The minimum absolute atomic E-state index is 0.207. The first-order valence-corrected chi connectivity index (χ1v) is 10.1. The fourth-order valence-electron chi connectivity index (χ4n) is 3.18. The van der Waals surface area contributed by atoms with Crippen molar-refractivity contribution in [1.29, 1.82) is 0 Å². The second-order valence-electron chi connectivity index (χ2n) is 6.56. The van der Waals surface area contributed by atoms with Crippen LogP contribution in [-0.4, -0.2) is 41.6 Å². The number of aromatic nitrogens is 2. The van der Waals surface area contributed by atoms with E-state index in [9.17, 15) is 8.42 Å². The molecular formula is C18H18N4O3S2. The van der Waals surface area contributed by atoms with Crippen molar-refractivity contribution in [3.05, 3.63) is 48.8 Å². The fourth-order valence-corrected chi connectivity index (χ4v) is 4.72. The molecule has 140 valence electrons. The van der Waals surface area contributed by atoms with Crippen molar-refractivity contribution in [2.24, 2.45) is 0 Å². The zero-order valence-electron chi connectivity index (χ0n) is 14.8. The Labute approximate surface area is 162 Å². The molecule has 3 aromatic rings. The molecule has 1 aromatic carbocycles. The molecule has 7 nitrogen and oxygen atoms in total. The van der Waals surface area contributed by atoms with Crippen molar-refractivity contribution in [1.82, 2.24) is 8.96 Å². The molecule has 0 saturated carbocycles. The number of anilines is 2. The van der Waals surface area contributed by atoms with Crippen molar-refractivity contribution in [3.63, 3.8) is 0 Å². The summed E-state index contributed by atoms with van der Waals surface area (Å²) in [5.74, 6) is 0. The molecule has 3 heterocycles. The summed E-state index contributed by atoms with van der Waals surface area (Å²) in [5.41, 5.74) is 1.19. The van der Waals surface area contributed by atoms with Gasteiger partial charge in [-0.1, -0.05) is 30.4 Å². The van der Waals surface area contributed by atoms with Crippen LogP contribution in [0.4, 0.5) is 11.4 Å². The van der Waals surface area contributed by atoms with Crippen LogP contribution in [0.5, 0.6) is 0 Å². The van der Waals surface area contributed by atoms with Crippen LogP contribution in [-0.2, 0) is 14.8 Å². The van der Waals surface area contributed by atoms with Crippen LogP contribution in [0, 0.1) is 0 Å². The highest BCUT2D eigenvalue weighted by Gasteiger charge is 2.36. The smallest absolute Gasteiger partial charge is 0.269 e. The number of methoxy groups -OCH3 is 1. The van der Waals surface area contributed by atoms with E-state index in [4.69, 9.17) is 17.0 Å². The molecule has 1 aliphatic heterocycles. The highest BCUT2D eigenvalue weighted by atomic mass is 32.2. The maximum absolute atomic E-state index is 13.0. The summed E-state index contributed by atoms with van der Waals surface area (Å²) in [4.78, 5) is 5.16. The number of thiocarbonyl (C=S) groups is 1. The van der Waals surface area contributed by atoms with Crippen LogP contribution in [0.1, 0.15) is 6.92 Å². The lowest BCUT2D eigenvalue weighted by atomic mass is 9.99. The van der Waals surface area contributed by atoms with Crippen molar-refractivity contribution >= 4 is 49.6 Å². The number of nitrogens with one attached hydrogen (secondary N) is 2.